The molecule has 4 rings (SSSR count). The van der Waals surface area contributed by atoms with E-state index in [1.807, 2.05) is 25.2 Å². The number of aromatic nitrogens is 2. The molecular formula is C22H32N6O3. The van der Waals surface area contributed by atoms with Crippen molar-refractivity contribution in [2.24, 2.45) is 7.05 Å². The molecule has 2 amide bonds. The van der Waals surface area contributed by atoms with Gasteiger partial charge in [0.05, 0.1) is 11.0 Å². The minimum atomic E-state index is -0.652. The quantitative estimate of drug-likeness (QED) is 0.513. The van der Waals surface area contributed by atoms with Crippen LogP contribution in [0.15, 0.2) is 23.0 Å². The van der Waals surface area contributed by atoms with Gasteiger partial charge in [0.1, 0.15) is 6.04 Å². The maximum absolute atomic E-state index is 13.0. The molecule has 2 fully saturated rings. The molecule has 2 aromatic rings. The second kappa shape index (κ2) is 8.84. The summed E-state index contributed by atoms with van der Waals surface area (Å²) < 4.78 is 3.13. The molecule has 2 aliphatic heterocycles. The molecule has 3 heterocycles. The van der Waals surface area contributed by atoms with Crippen LogP contribution in [-0.4, -0.2) is 71.7 Å². The molecule has 9 heteroatoms. The van der Waals surface area contributed by atoms with E-state index in [-0.39, 0.29) is 18.0 Å². The second-order valence-electron chi connectivity index (χ2n) is 8.64. The van der Waals surface area contributed by atoms with E-state index >= 15 is 0 Å². The van der Waals surface area contributed by atoms with Crippen LogP contribution in [0, 0.1) is 0 Å². The van der Waals surface area contributed by atoms with Crippen molar-refractivity contribution in [3.8, 4) is 0 Å². The highest BCUT2D eigenvalue weighted by Gasteiger charge is 2.31. The van der Waals surface area contributed by atoms with E-state index in [1.54, 1.807) is 11.6 Å². The molecule has 2 aliphatic rings. The predicted octanol–water partition coefficient (Wildman–Crippen LogP) is 0.438. The minimum absolute atomic E-state index is 0.232. The van der Waals surface area contributed by atoms with Gasteiger partial charge in [-0.15, -0.1) is 0 Å². The average Bonchev–Trinajstić information content (AvgIpc) is 2.99. The molecule has 2 N–H and O–H groups in total. The molecule has 0 aliphatic carbocycles. The van der Waals surface area contributed by atoms with Gasteiger partial charge in [0, 0.05) is 44.8 Å². The zero-order chi connectivity index (χ0) is 22.1. The van der Waals surface area contributed by atoms with E-state index in [1.165, 1.54) is 4.57 Å². The van der Waals surface area contributed by atoms with Crippen LogP contribution < -0.4 is 21.2 Å². The first-order chi connectivity index (χ1) is 14.9. The Morgan fingerprint density at radius 3 is 2.68 bits per heavy atom. The summed E-state index contributed by atoms with van der Waals surface area (Å²) in [4.78, 5) is 41.7. The average molecular weight is 429 g/mol. The number of carbonyl (C=O) groups excluding carboxylic acids is 2. The topological polar surface area (TPSA) is 91.6 Å². The Balaban J connectivity index is 1.57. The summed E-state index contributed by atoms with van der Waals surface area (Å²) in [5.74, 6) is -0.686. The second-order valence-corrected chi connectivity index (χ2v) is 8.64. The summed E-state index contributed by atoms with van der Waals surface area (Å²) in [6.07, 6.45) is 1.73. The third kappa shape index (κ3) is 4.12. The van der Waals surface area contributed by atoms with E-state index in [0.29, 0.717) is 12.5 Å². The van der Waals surface area contributed by atoms with Gasteiger partial charge in [-0.05, 0) is 58.1 Å². The fraction of sp³-hybridized carbons (Fsp3) is 0.591. The standard InChI is InChI=1S/C22H32N6O3/c1-15-14-27(12-11-26(15)10-4-9-23-2)16-5-6-17-19(13-16)25(3)22(31)28(17)18-7-8-20(29)24-21(18)30/h5-6,13,15,18,23H,4,7-12,14H2,1-3H3,(H,24,29,30)/t15-,18-/m1/s1. The molecule has 2 saturated heterocycles. The minimum Gasteiger partial charge on any atom is -0.369 e. The van der Waals surface area contributed by atoms with Crippen LogP contribution in [0.5, 0.6) is 0 Å². The number of rotatable bonds is 6. The summed E-state index contributed by atoms with van der Waals surface area (Å²) >= 11 is 0. The molecule has 1 aromatic heterocycles. The lowest BCUT2D eigenvalue weighted by Gasteiger charge is -2.41. The number of aryl methyl sites for hydroxylation is 1. The Kier molecular flexibility index (Phi) is 6.15. The Morgan fingerprint density at radius 1 is 1.16 bits per heavy atom. The lowest BCUT2D eigenvalue weighted by molar-refractivity contribution is -0.135. The van der Waals surface area contributed by atoms with Gasteiger partial charge in [-0.25, -0.2) is 4.79 Å². The van der Waals surface area contributed by atoms with Gasteiger partial charge in [-0.2, -0.15) is 0 Å². The zero-order valence-electron chi connectivity index (χ0n) is 18.6. The maximum Gasteiger partial charge on any atom is 0.329 e. The van der Waals surface area contributed by atoms with E-state index in [2.05, 4.69) is 27.4 Å². The number of hydrogen-bond donors (Lipinski definition) is 2. The fourth-order valence-electron chi connectivity index (χ4n) is 4.80. The Bertz CT molecular complexity index is 1040. The first-order valence-corrected chi connectivity index (χ1v) is 11.1. The highest BCUT2D eigenvalue weighted by Crippen LogP contribution is 2.27. The number of imide groups is 1. The number of hydrogen-bond acceptors (Lipinski definition) is 6. The number of nitrogens with zero attached hydrogens (tertiary/aromatic N) is 4. The number of anilines is 1. The van der Waals surface area contributed by atoms with Gasteiger partial charge in [0.15, 0.2) is 0 Å². The Hall–Kier alpha value is -2.65. The number of piperazine rings is 1. The van der Waals surface area contributed by atoms with E-state index in [0.717, 1.165) is 55.9 Å². The van der Waals surface area contributed by atoms with Crippen molar-refractivity contribution in [1.29, 1.82) is 0 Å². The molecule has 9 nitrogen and oxygen atoms in total. The van der Waals surface area contributed by atoms with Gasteiger partial charge in [0.2, 0.25) is 11.8 Å². The number of imidazole rings is 1. The van der Waals surface area contributed by atoms with Crippen LogP contribution in [-0.2, 0) is 16.6 Å². The van der Waals surface area contributed by atoms with Gasteiger partial charge in [0.25, 0.3) is 0 Å². The number of carbonyl (C=O) groups is 2. The van der Waals surface area contributed by atoms with Gasteiger partial charge < -0.3 is 10.2 Å². The van der Waals surface area contributed by atoms with E-state index in [9.17, 15) is 14.4 Å². The highest BCUT2D eigenvalue weighted by molar-refractivity contribution is 6.00. The zero-order valence-corrected chi connectivity index (χ0v) is 18.6. The molecule has 1 aromatic carbocycles. The monoisotopic (exact) mass is 428 g/mol. The van der Waals surface area contributed by atoms with Crippen LogP contribution in [0.25, 0.3) is 11.0 Å². The number of piperidine rings is 1. The molecule has 0 unspecified atom stereocenters. The molecule has 0 bridgehead atoms. The molecule has 0 saturated carbocycles. The van der Waals surface area contributed by atoms with Crippen LogP contribution in [0.3, 0.4) is 0 Å². The van der Waals surface area contributed by atoms with E-state index < -0.39 is 11.9 Å². The largest absolute Gasteiger partial charge is 0.369 e. The summed E-state index contributed by atoms with van der Waals surface area (Å²) in [6.45, 7) is 7.28. The van der Waals surface area contributed by atoms with Crippen LogP contribution in [0.1, 0.15) is 32.2 Å². The number of amides is 2. The van der Waals surface area contributed by atoms with Crippen molar-refractivity contribution in [1.82, 2.24) is 24.7 Å². The normalized spacial score (nSPS) is 22.9. The Labute approximate surface area is 182 Å². The first-order valence-electron chi connectivity index (χ1n) is 11.1. The van der Waals surface area contributed by atoms with Crippen molar-refractivity contribution in [3.63, 3.8) is 0 Å². The highest BCUT2D eigenvalue weighted by atomic mass is 16.2. The smallest absolute Gasteiger partial charge is 0.329 e. The Morgan fingerprint density at radius 2 is 1.97 bits per heavy atom. The number of nitrogens with one attached hydrogen (secondary N) is 2. The van der Waals surface area contributed by atoms with Gasteiger partial charge >= 0.3 is 5.69 Å². The van der Waals surface area contributed by atoms with Crippen molar-refractivity contribution >= 4 is 28.5 Å². The van der Waals surface area contributed by atoms with Crippen LogP contribution >= 0.6 is 0 Å². The summed E-state index contributed by atoms with van der Waals surface area (Å²) in [6, 6.07) is 5.81. The summed E-state index contributed by atoms with van der Waals surface area (Å²) in [5.41, 5.74) is 2.38. The molecule has 2 atom stereocenters. The van der Waals surface area contributed by atoms with Crippen molar-refractivity contribution in [3.05, 3.63) is 28.7 Å². The number of benzene rings is 1. The summed E-state index contributed by atoms with van der Waals surface area (Å²) in [5, 5.41) is 5.56. The van der Waals surface area contributed by atoms with Gasteiger partial charge in [-0.1, -0.05) is 0 Å². The predicted molar refractivity (Wildman–Crippen MR) is 120 cm³/mol. The molecule has 0 spiro atoms. The maximum atomic E-state index is 13.0. The van der Waals surface area contributed by atoms with Crippen molar-refractivity contribution in [2.45, 2.75) is 38.3 Å². The van der Waals surface area contributed by atoms with Crippen molar-refractivity contribution in [2.75, 3.05) is 44.7 Å². The van der Waals surface area contributed by atoms with Gasteiger partial charge in [-0.3, -0.25) is 28.9 Å². The lowest BCUT2D eigenvalue weighted by atomic mass is 10.1. The SMILES string of the molecule is CNCCCN1CCN(c2ccc3c(c2)n(C)c(=O)n3[C@@H]2CCC(=O)NC2=O)C[C@H]1C. The van der Waals surface area contributed by atoms with Crippen molar-refractivity contribution < 1.29 is 9.59 Å². The molecule has 31 heavy (non-hydrogen) atoms. The molecule has 0 radical (unpaired) electrons. The number of fused-ring (bicyclic) bond motifs is 1. The lowest BCUT2D eigenvalue weighted by Crippen LogP contribution is -2.52. The van der Waals surface area contributed by atoms with E-state index in [4.69, 9.17) is 0 Å². The fourth-order valence-corrected chi connectivity index (χ4v) is 4.80. The molecule has 168 valence electrons. The first kappa shape index (κ1) is 21.6. The summed E-state index contributed by atoms with van der Waals surface area (Å²) in [7, 11) is 3.72. The van der Waals surface area contributed by atoms with Crippen LogP contribution in [0.4, 0.5) is 5.69 Å². The molecular weight excluding hydrogens is 396 g/mol. The van der Waals surface area contributed by atoms with Crippen LogP contribution in [0.2, 0.25) is 0 Å². The third-order valence-electron chi connectivity index (χ3n) is 6.60. The third-order valence-corrected chi connectivity index (χ3v) is 6.60.